The number of primary amides is 2. The van der Waals surface area contributed by atoms with Crippen LogP contribution in [0.3, 0.4) is 0 Å². The number of hydrogen-bond donors (Lipinski definition) is 5. The third-order valence-corrected chi connectivity index (χ3v) is 2.80. The summed E-state index contributed by atoms with van der Waals surface area (Å²) in [5.41, 5.74) is 8.10. The fourth-order valence-corrected chi connectivity index (χ4v) is 0.819. The first kappa shape index (κ1) is 21.6. The van der Waals surface area contributed by atoms with E-state index in [1.165, 1.54) is 0 Å². The topological polar surface area (TPSA) is 207 Å². The Morgan fingerprint density at radius 2 is 1.24 bits per heavy atom. The van der Waals surface area contributed by atoms with Gasteiger partial charge >= 0.3 is 42.8 Å². The predicted octanol–water partition coefficient (Wildman–Crippen LogP) is -1.95. The van der Waals surface area contributed by atoms with E-state index in [2.05, 4.69) is 11.5 Å². The van der Waals surface area contributed by atoms with Gasteiger partial charge in [0.1, 0.15) is 0 Å². The van der Waals surface area contributed by atoms with Gasteiger partial charge < -0.3 is 11.5 Å². The molecule has 17 heteroatoms. The third-order valence-electron chi connectivity index (χ3n) is 1.20. The van der Waals surface area contributed by atoms with E-state index in [1.807, 2.05) is 0 Å². The maximum absolute atomic E-state index is 11.9. The minimum atomic E-state index is -5.71. The standard InChI is InChI=1S/C2H4F2N2O4S.C2H3F2NO4S/c3-2(4,6-1(5)7)11(8,9)10;3-2(4,1(5)6)10(7,8)9/h(H3,5,6,7)(H,8,9,10);(H2,5,6)(H,7,8,9). The van der Waals surface area contributed by atoms with Crippen LogP contribution in [0.25, 0.3) is 0 Å². The van der Waals surface area contributed by atoms with E-state index < -0.39 is 42.8 Å². The van der Waals surface area contributed by atoms with Crippen molar-refractivity contribution in [1.82, 2.24) is 5.32 Å². The number of halogens is 4. The molecular weight excluding hydrogens is 358 g/mol. The molecule has 0 bridgehead atoms. The maximum Gasteiger partial charge on any atom is 0.455 e. The first-order valence-corrected chi connectivity index (χ1v) is 6.81. The molecule has 7 N–H and O–H groups in total. The molecule has 0 radical (unpaired) electrons. The molecule has 0 aliphatic heterocycles. The van der Waals surface area contributed by atoms with Crippen LogP contribution < -0.4 is 16.8 Å². The SMILES string of the molecule is NC(=O)C(F)(F)S(=O)(=O)O.NC(=O)NC(F)(F)S(=O)(=O)O. The number of hydrogen-bond acceptors (Lipinski definition) is 6. The highest BCUT2D eigenvalue weighted by atomic mass is 32.2. The van der Waals surface area contributed by atoms with Crippen LogP contribution in [0.2, 0.25) is 0 Å². The van der Waals surface area contributed by atoms with Crippen molar-refractivity contribution in [1.29, 1.82) is 0 Å². The van der Waals surface area contributed by atoms with Gasteiger partial charge in [0, 0.05) is 0 Å². The number of carbonyl (C=O) groups excluding carboxylic acids is 2. The lowest BCUT2D eigenvalue weighted by Crippen LogP contribution is -2.49. The number of alkyl halides is 4. The van der Waals surface area contributed by atoms with Crippen LogP contribution >= 0.6 is 0 Å². The van der Waals surface area contributed by atoms with Crippen molar-refractivity contribution in [3.05, 3.63) is 0 Å². The highest BCUT2D eigenvalue weighted by Crippen LogP contribution is 2.18. The van der Waals surface area contributed by atoms with Crippen molar-refractivity contribution < 1.29 is 53.1 Å². The molecule has 0 aliphatic carbocycles. The van der Waals surface area contributed by atoms with E-state index in [0.717, 1.165) is 0 Å². The highest BCUT2D eigenvalue weighted by Gasteiger charge is 2.50. The summed E-state index contributed by atoms with van der Waals surface area (Å²) in [5.74, 6) is -2.41. The van der Waals surface area contributed by atoms with Gasteiger partial charge in [-0.1, -0.05) is 0 Å². The summed E-state index contributed by atoms with van der Waals surface area (Å²) in [4.78, 5) is 19.3. The molecular formula is C4H7F4N3O8S2. The summed E-state index contributed by atoms with van der Waals surface area (Å²) in [6.45, 7) is 0. The van der Waals surface area contributed by atoms with Crippen molar-refractivity contribution in [3.8, 4) is 0 Å². The zero-order valence-corrected chi connectivity index (χ0v) is 11.0. The molecule has 3 amide bonds. The van der Waals surface area contributed by atoms with E-state index in [4.69, 9.17) is 9.11 Å². The predicted molar refractivity (Wildman–Crippen MR) is 54.9 cm³/mol. The Balaban J connectivity index is 0. The van der Waals surface area contributed by atoms with Gasteiger partial charge in [-0.25, -0.2) is 4.79 Å². The summed E-state index contributed by atoms with van der Waals surface area (Å²) in [6.07, 6.45) is 0. The third kappa shape index (κ3) is 6.51. The van der Waals surface area contributed by atoms with E-state index in [-0.39, 0.29) is 0 Å². The summed E-state index contributed by atoms with van der Waals surface area (Å²) in [7, 11) is -11.4. The van der Waals surface area contributed by atoms with Crippen LogP contribution in [-0.4, -0.2) is 48.5 Å². The molecule has 0 aromatic heterocycles. The molecule has 0 unspecified atom stereocenters. The second kappa shape index (κ2) is 6.37. The van der Waals surface area contributed by atoms with Crippen LogP contribution in [0.5, 0.6) is 0 Å². The number of carbonyl (C=O) groups is 2. The normalized spacial score (nSPS) is 12.9. The molecule has 21 heavy (non-hydrogen) atoms. The van der Waals surface area contributed by atoms with Crippen molar-refractivity contribution in [2.24, 2.45) is 11.5 Å². The lowest BCUT2D eigenvalue weighted by atomic mass is 10.7. The summed E-state index contributed by atoms with van der Waals surface area (Å²) in [6, 6.07) is -1.76. The molecule has 0 fully saturated rings. The van der Waals surface area contributed by atoms with Gasteiger partial charge in [-0.15, -0.1) is 0 Å². The average molecular weight is 365 g/mol. The van der Waals surface area contributed by atoms with Crippen LogP contribution in [0.15, 0.2) is 0 Å². The Morgan fingerprint density at radius 1 is 0.905 bits per heavy atom. The van der Waals surface area contributed by atoms with Gasteiger partial charge in [0.15, 0.2) is 0 Å². The largest absolute Gasteiger partial charge is 0.455 e. The lowest BCUT2D eigenvalue weighted by Gasteiger charge is -2.11. The minimum absolute atomic E-state index is 0.527. The van der Waals surface area contributed by atoms with Gasteiger partial charge in [-0.2, -0.15) is 34.4 Å². The Bertz CT molecular complexity index is 613. The first-order valence-electron chi connectivity index (χ1n) is 3.93. The van der Waals surface area contributed by atoms with Crippen LogP contribution in [0, 0.1) is 0 Å². The van der Waals surface area contributed by atoms with Gasteiger partial charge in [-0.3, -0.25) is 19.2 Å². The second-order valence-corrected chi connectivity index (χ2v) is 5.76. The summed E-state index contributed by atoms with van der Waals surface area (Å²) < 4.78 is 101. The maximum atomic E-state index is 11.9. The van der Waals surface area contributed by atoms with Crippen molar-refractivity contribution in [3.63, 3.8) is 0 Å². The van der Waals surface area contributed by atoms with Crippen molar-refractivity contribution in [2.75, 3.05) is 0 Å². The number of nitrogens with one attached hydrogen (secondary N) is 1. The molecule has 11 nitrogen and oxygen atoms in total. The second-order valence-electron chi connectivity index (χ2n) is 2.84. The number of nitrogens with two attached hydrogens (primary N) is 2. The highest BCUT2D eigenvalue weighted by molar-refractivity contribution is 7.87. The van der Waals surface area contributed by atoms with Crippen LogP contribution in [-0.2, 0) is 25.0 Å². The molecule has 0 saturated heterocycles. The number of amides is 3. The molecule has 0 rings (SSSR count). The van der Waals surface area contributed by atoms with E-state index in [9.17, 15) is 44.0 Å². The molecule has 0 aromatic rings. The molecule has 0 heterocycles. The van der Waals surface area contributed by atoms with E-state index in [0.29, 0.717) is 5.32 Å². The van der Waals surface area contributed by atoms with Gasteiger partial charge in [0.05, 0.1) is 0 Å². The van der Waals surface area contributed by atoms with Crippen LogP contribution in [0.1, 0.15) is 0 Å². The smallest absolute Gasteiger partial charge is 0.363 e. The Labute approximate surface area is 113 Å². The number of urea groups is 1. The molecule has 126 valence electrons. The van der Waals surface area contributed by atoms with E-state index >= 15 is 0 Å². The van der Waals surface area contributed by atoms with Gasteiger partial charge in [0.2, 0.25) is 0 Å². The monoisotopic (exact) mass is 365 g/mol. The van der Waals surface area contributed by atoms with Crippen molar-refractivity contribution >= 4 is 32.2 Å². The Kier molecular flexibility index (Phi) is 6.54. The first-order chi connectivity index (χ1) is 8.86. The Morgan fingerprint density at radius 3 is 1.29 bits per heavy atom. The molecule has 0 aliphatic rings. The molecule has 0 spiro atoms. The van der Waals surface area contributed by atoms with E-state index in [1.54, 1.807) is 0 Å². The quantitative estimate of drug-likeness (QED) is 0.214. The molecule has 0 atom stereocenters. The fraction of sp³-hybridized carbons (Fsp3) is 0.500. The molecule has 0 saturated carbocycles. The van der Waals surface area contributed by atoms with Gasteiger partial charge in [0.25, 0.3) is 0 Å². The number of rotatable bonds is 4. The Hall–Kier alpha value is -1.72. The minimum Gasteiger partial charge on any atom is -0.363 e. The lowest BCUT2D eigenvalue weighted by molar-refractivity contribution is -0.132. The fourth-order valence-electron chi connectivity index (χ4n) is 0.335. The molecule has 0 aromatic carbocycles. The van der Waals surface area contributed by atoms with Crippen LogP contribution in [0.4, 0.5) is 22.4 Å². The zero-order valence-electron chi connectivity index (χ0n) is 9.33. The summed E-state index contributed by atoms with van der Waals surface area (Å²) >= 11 is 0. The van der Waals surface area contributed by atoms with Gasteiger partial charge in [-0.05, 0) is 0 Å². The van der Waals surface area contributed by atoms with Crippen molar-refractivity contribution in [2.45, 2.75) is 10.6 Å². The average Bonchev–Trinajstić information content (AvgIpc) is 2.12. The zero-order chi connectivity index (χ0) is 17.9. The summed E-state index contributed by atoms with van der Waals surface area (Å²) in [5, 5.41) is -9.11.